The number of amides is 1. The second-order valence-electron chi connectivity index (χ2n) is 7.20. The Kier molecular flexibility index (Phi) is 5.79. The van der Waals surface area contributed by atoms with Gasteiger partial charge in [0.2, 0.25) is 0 Å². The number of carbonyl (C=O) groups is 2. The molecule has 2 aliphatic rings. The summed E-state index contributed by atoms with van der Waals surface area (Å²) in [5.74, 6) is -2.19. The quantitative estimate of drug-likeness (QED) is 0.312. The summed E-state index contributed by atoms with van der Waals surface area (Å²) in [7, 11) is -3.96. The molecule has 1 aromatic rings. The molecular formula is C18H19N2NaO5S. The molecule has 0 saturated carbocycles. The molecule has 0 bridgehead atoms. The zero-order chi connectivity index (χ0) is 19.4. The van der Waals surface area contributed by atoms with Crippen LogP contribution in [0, 0.1) is 0 Å². The molecule has 9 heteroatoms. The Morgan fingerprint density at radius 3 is 2.41 bits per heavy atom. The molecule has 0 radical (unpaired) electrons. The Labute approximate surface area is 180 Å². The van der Waals surface area contributed by atoms with Crippen LogP contribution in [0.5, 0.6) is 0 Å². The van der Waals surface area contributed by atoms with Gasteiger partial charge in [0.25, 0.3) is 5.91 Å². The summed E-state index contributed by atoms with van der Waals surface area (Å²) in [6, 6.07) is 3.61. The second kappa shape index (κ2) is 7.16. The molecule has 0 aromatic carbocycles. The maximum Gasteiger partial charge on any atom is 1.00 e. The van der Waals surface area contributed by atoms with Crippen molar-refractivity contribution >= 4 is 27.3 Å². The number of rotatable bonds is 3. The first kappa shape index (κ1) is 21.8. The maximum absolute atomic E-state index is 13.0. The van der Waals surface area contributed by atoms with Crippen LogP contribution in [0.25, 0.3) is 5.57 Å². The number of carboxylic acid groups (broad SMARTS) is 1. The fourth-order valence-corrected chi connectivity index (χ4v) is 5.66. The average molecular weight is 398 g/mol. The van der Waals surface area contributed by atoms with E-state index in [1.54, 1.807) is 30.5 Å². The summed E-state index contributed by atoms with van der Waals surface area (Å²) in [5.41, 5.74) is 1.77. The topological polar surface area (TPSA) is 107 Å². The van der Waals surface area contributed by atoms with Crippen molar-refractivity contribution in [3.05, 3.63) is 47.3 Å². The molecule has 2 fully saturated rings. The van der Waals surface area contributed by atoms with Crippen molar-refractivity contribution < 1.29 is 52.7 Å². The Hall–Kier alpha value is -1.48. The van der Waals surface area contributed by atoms with Gasteiger partial charge in [-0.1, -0.05) is 17.7 Å². The third-order valence-corrected chi connectivity index (χ3v) is 7.56. The van der Waals surface area contributed by atoms with E-state index in [9.17, 15) is 23.1 Å². The molecule has 1 aromatic heterocycles. The van der Waals surface area contributed by atoms with Crippen molar-refractivity contribution in [2.45, 2.75) is 43.9 Å². The van der Waals surface area contributed by atoms with Crippen molar-refractivity contribution in [3.63, 3.8) is 0 Å². The minimum Gasteiger partial charge on any atom is -0.548 e. The molecule has 138 valence electrons. The van der Waals surface area contributed by atoms with E-state index >= 15 is 0 Å². The first-order valence-electron chi connectivity index (χ1n) is 8.09. The van der Waals surface area contributed by atoms with Crippen molar-refractivity contribution in [1.82, 2.24) is 9.88 Å². The minimum atomic E-state index is -3.96. The number of carboxylic acids is 1. The molecule has 2 saturated heterocycles. The number of aromatic nitrogens is 1. The van der Waals surface area contributed by atoms with Crippen LogP contribution in [0.4, 0.5) is 0 Å². The summed E-state index contributed by atoms with van der Waals surface area (Å²) in [5, 5.41) is 10.2. The van der Waals surface area contributed by atoms with Gasteiger partial charge >= 0.3 is 29.6 Å². The summed E-state index contributed by atoms with van der Waals surface area (Å²) in [6.45, 7) is 6.27. The SMILES string of the molecule is CC(C)=C/C(=C1\C(=O)N2[C@@H](C(=O)[O-])C(C)(C)S(=O)(=O)[C@H]12)c1ccccn1.[Na+]. The van der Waals surface area contributed by atoms with Gasteiger partial charge in [0, 0.05) is 11.8 Å². The maximum atomic E-state index is 13.0. The molecule has 2 aliphatic heterocycles. The van der Waals surface area contributed by atoms with Crippen LogP contribution in [0.15, 0.2) is 41.6 Å². The number of hydrogen-bond donors (Lipinski definition) is 0. The number of allylic oxidation sites excluding steroid dienone is 3. The van der Waals surface area contributed by atoms with Gasteiger partial charge in [0.15, 0.2) is 15.2 Å². The number of nitrogens with zero attached hydrogens (tertiary/aromatic N) is 2. The van der Waals surface area contributed by atoms with Gasteiger partial charge in [-0.25, -0.2) is 8.42 Å². The molecule has 1 amide bonds. The van der Waals surface area contributed by atoms with Gasteiger partial charge in [-0.15, -0.1) is 0 Å². The summed E-state index contributed by atoms with van der Waals surface area (Å²) in [6.07, 6.45) is 3.24. The summed E-state index contributed by atoms with van der Waals surface area (Å²) < 4.78 is 24.4. The van der Waals surface area contributed by atoms with E-state index in [1.807, 2.05) is 13.8 Å². The molecule has 0 N–H and O–H groups in total. The van der Waals surface area contributed by atoms with E-state index in [0.29, 0.717) is 11.3 Å². The number of fused-ring (bicyclic) bond motifs is 1. The van der Waals surface area contributed by atoms with Crippen LogP contribution in [0.1, 0.15) is 33.4 Å². The zero-order valence-corrected chi connectivity index (χ0v) is 18.7. The predicted molar refractivity (Wildman–Crippen MR) is 93.0 cm³/mol. The number of sulfone groups is 1. The molecule has 0 aliphatic carbocycles. The van der Waals surface area contributed by atoms with Crippen molar-refractivity contribution in [2.75, 3.05) is 0 Å². The molecule has 27 heavy (non-hydrogen) atoms. The zero-order valence-electron chi connectivity index (χ0n) is 15.9. The molecule has 3 rings (SSSR count). The normalized spacial score (nSPS) is 26.4. The largest absolute Gasteiger partial charge is 1.00 e. The van der Waals surface area contributed by atoms with Crippen molar-refractivity contribution in [1.29, 1.82) is 0 Å². The van der Waals surface area contributed by atoms with Crippen LogP contribution >= 0.6 is 0 Å². The first-order chi connectivity index (χ1) is 12.0. The van der Waals surface area contributed by atoms with Crippen LogP contribution < -0.4 is 34.7 Å². The number of pyridine rings is 1. The number of aliphatic carboxylic acids is 1. The predicted octanol–water partition coefficient (Wildman–Crippen LogP) is -2.70. The van der Waals surface area contributed by atoms with Gasteiger partial charge in [0.05, 0.1) is 28.0 Å². The smallest absolute Gasteiger partial charge is 0.548 e. The molecule has 0 spiro atoms. The van der Waals surface area contributed by atoms with Gasteiger partial charge in [-0.05, 0) is 39.8 Å². The van der Waals surface area contributed by atoms with Crippen LogP contribution in [0.3, 0.4) is 0 Å². The van der Waals surface area contributed by atoms with E-state index < -0.39 is 37.9 Å². The number of β-lactam (4-membered cyclic amide) rings is 1. The molecule has 3 heterocycles. The van der Waals surface area contributed by atoms with Gasteiger partial charge < -0.3 is 14.8 Å². The van der Waals surface area contributed by atoms with Gasteiger partial charge in [-0.2, -0.15) is 0 Å². The molecule has 2 atom stereocenters. The fraction of sp³-hybridized carbons (Fsp3) is 0.389. The van der Waals surface area contributed by atoms with Gasteiger partial charge in [0.1, 0.15) is 0 Å². The molecular weight excluding hydrogens is 379 g/mol. The summed E-state index contributed by atoms with van der Waals surface area (Å²) >= 11 is 0. The molecule has 0 unspecified atom stereocenters. The average Bonchev–Trinajstić information content (AvgIpc) is 2.69. The van der Waals surface area contributed by atoms with Crippen LogP contribution in [-0.2, 0) is 19.4 Å². The van der Waals surface area contributed by atoms with Crippen molar-refractivity contribution in [3.8, 4) is 0 Å². The Morgan fingerprint density at radius 1 is 1.30 bits per heavy atom. The van der Waals surface area contributed by atoms with E-state index in [0.717, 1.165) is 10.5 Å². The van der Waals surface area contributed by atoms with E-state index in [2.05, 4.69) is 4.98 Å². The Bertz CT molecular complexity index is 963. The van der Waals surface area contributed by atoms with Crippen LogP contribution in [-0.4, -0.2) is 46.3 Å². The number of carbonyl (C=O) groups excluding carboxylic acids is 2. The van der Waals surface area contributed by atoms with E-state index in [4.69, 9.17) is 0 Å². The monoisotopic (exact) mass is 398 g/mol. The van der Waals surface area contributed by atoms with Gasteiger partial charge in [-0.3, -0.25) is 9.78 Å². The third-order valence-electron chi connectivity index (χ3n) is 4.82. The van der Waals surface area contributed by atoms with Crippen molar-refractivity contribution in [2.24, 2.45) is 0 Å². The van der Waals surface area contributed by atoms with E-state index in [1.165, 1.54) is 13.8 Å². The molecule has 7 nitrogen and oxygen atoms in total. The van der Waals surface area contributed by atoms with Crippen LogP contribution in [0.2, 0.25) is 0 Å². The minimum absolute atomic E-state index is 0. The fourth-order valence-electron chi connectivity index (χ4n) is 3.51. The Balaban J connectivity index is 0.00000261. The Morgan fingerprint density at radius 2 is 1.93 bits per heavy atom. The van der Waals surface area contributed by atoms with E-state index in [-0.39, 0.29) is 35.1 Å². The number of hydrogen-bond acceptors (Lipinski definition) is 6. The summed E-state index contributed by atoms with van der Waals surface area (Å²) in [4.78, 5) is 29.5. The first-order valence-corrected chi connectivity index (χ1v) is 9.64. The third kappa shape index (κ3) is 3.08. The second-order valence-corrected chi connectivity index (χ2v) is 9.79. The standard InChI is InChI=1S/C18H20N2O5S.Na/c1-10(2)9-11(12-7-5-6-8-19-12)13-15(21)20-14(17(22)23)18(3,4)26(24,25)16(13)20;/h5-9,14,16H,1-4H3,(H,22,23);/q;+1/p-1/b13-11-;/t14-,16+;/m0./s1.